The number of ether oxygens (including phenoxy) is 1. The summed E-state index contributed by atoms with van der Waals surface area (Å²) in [4.78, 5) is 21.3. The first kappa shape index (κ1) is 22.9. The van der Waals surface area contributed by atoms with Crippen LogP contribution in [-0.4, -0.2) is 60.7 Å². The molecule has 1 aromatic carbocycles. The highest BCUT2D eigenvalue weighted by Gasteiger charge is 2.35. The summed E-state index contributed by atoms with van der Waals surface area (Å²) in [6, 6.07) is 10.6. The first-order chi connectivity index (χ1) is 14.7. The Hall–Kier alpha value is -2.81. The van der Waals surface area contributed by atoms with Crippen molar-refractivity contribution in [2.45, 2.75) is 32.2 Å². The summed E-state index contributed by atoms with van der Waals surface area (Å²) < 4.78 is 44.7. The summed E-state index contributed by atoms with van der Waals surface area (Å²) in [5.41, 5.74) is -0.895. The first-order valence-corrected chi connectivity index (χ1v) is 10.3. The molecule has 0 spiro atoms. The third kappa shape index (κ3) is 6.33. The minimum atomic E-state index is -4.54. The van der Waals surface area contributed by atoms with Gasteiger partial charge in [-0.25, -0.2) is 4.98 Å². The van der Waals surface area contributed by atoms with Crippen LogP contribution in [0.25, 0.3) is 0 Å². The summed E-state index contributed by atoms with van der Waals surface area (Å²) in [6.07, 6.45) is -3.82. The predicted octanol–water partition coefficient (Wildman–Crippen LogP) is 3.19. The van der Waals surface area contributed by atoms with E-state index in [0.717, 1.165) is 38.1 Å². The minimum absolute atomic E-state index is 0.169. The fraction of sp³-hybridized carbons (Fsp3) is 0.455. The van der Waals surface area contributed by atoms with E-state index < -0.39 is 23.8 Å². The second-order valence-electron chi connectivity index (χ2n) is 7.64. The van der Waals surface area contributed by atoms with E-state index in [0.29, 0.717) is 6.54 Å². The number of piperazine rings is 1. The molecule has 2 aromatic rings. The zero-order valence-electron chi connectivity index (χ0n) is 17.6. The summed E-state index contributed by atoms with van der Waals surface area (Å²) in [5, 5.41) is 2.84. The van der Waals surface area contributed by atoms with Gasteiger partial charge in [0.1, 0.15) is 11.6 Å². The van der Waals surface area contributed by atoms with E-state index in [1.165, 1.54) is 25.1 Å². The van der Waals surface area contributed by atoms with Gasteiger partial charge >= 0.3 is 6.18 Å². The molecule has 6 nitrogen and oxygen atoms in total. The van der Waals surface area contributed by atoms with Crippen molar-refractivity contribution < 1.29 is 22.7 Å². The number of carbonyl (C=O) groups excluding carboxylic acids is 1. The van der Waals surface area contributed by atoms with E-state index in [2.05, 4.69) is 20.1 Å². The molecule has 1 saturated heterocycles. The third-order valence-corrected chi connectivity index (χ3v) is 5.13. The average molecular weight is 436 g/mol. The molecule has 31 heavy (non-hydrogen) atoms. The zero-order valence-corrected chi connectivity index (χ0v) is 17.6. The molecule has 2 atom stereocenters. The van der Waals surface area contributed by atoms with Crippen LogP contribution >= 0.6 is 0 Å². The van der Waals surface area contributed by atoms with E-state index in [1.807, 2.05) is 25.1 Å². The Balaban J connectivity index is 1.47. The van der Waals surface area contributed by atoms with Crippen molar-refractivity contribution in [3.05, 3.63) is 54.2 Å². The van der Waals surface area contributed by atoms with Gasteiger partial charge < -0.3 is 15.0 Å². The molecule has 0 saturated carbocycles. The molecule has 2 unspecified atom stereocenters. The maximum absolute atomic E-state index is 13.1. The highest BCUT2D eigenvalue weighted by atomic mass is 19.4. The molecule has 1 aromatic heterocycles. The highest BCUT2D eigenvalue weighted by molar-refractivity contribution is 5.81. The number of nitrogens with zero attached hydrogens (tertiary/aromatic N) is 3. The number of aromatic nitrogens is 1. The number of anilines is 1. The van der Waals surface area contributed by atoms with Crippen LogP contribution in [0.5, 0.6) is 5.75 Å². The van der Waals surface area contributed by atoms with E-state index in [4.69, 9.17) is 4.74 Å². The SMILES string of the molecule is CC(CN1CCN(c2ccccn2)CC1)NC(=O)C(C)Oc1ccccc1C(F)(F)F. The molecule has 0 aliphatic carbocycles. The number of hydrogen-bond acceptors (Lipinski definition) is 5. The molecular formula is C22H27F3N4O2. The lowest BCUT2D eigenvalue weighted by atomic mass is 10.2. The van der Waals surface area contributed by atoms with Crippen LogP contribution < -0.4 is 15.0 Å². The zero-order chi connectivity index (χ0) is 22.4. The van der Waals surface area contributed by atoms with E-state index in [-0.39, 0.29) is 11.8 Å². The van der Waals surface area contributed by atoms with Gasteiger partial charge in [-0.05, 0) is 38.1 Å². The number of rotatable bonds is 7. The summed E-state index contributed by atoms with van der Waals surface area (Å²) in [6.45, 7) is 7.31. The fourth-order valence-corrected chi connectivity index (χ4v) is 3.54. The molecule has 1 aliphatic heterocycles. The van der Waals surface area contributed by atoms with Crippen molar-refractivity contribution in [3.8, 4) is 5.75 Å². The van der Waals surface area contributed by atoms with Crippen molar-refractivity contribution in [1.82, 2.24) is 15.2 Å². The Morgan fingerprint density at radius 1 is 1.10 bits per heavy atom. The van der Waals surface area contributed by atoms with Crippen molar-refractivity contribution in [2.75, 3.05) is 37.6 Å². The lowest BCUT2D eigenvalue weighted by Crippen LogP contribution is -2.52. The third-order valence-electron chi connectivity index (χ3n) is 5.13. The standard InChI is InChI=1S/C22H27F3N4O2/c1-16(15-28-11-13-29(14-12-28)20-9-5-6-10-26-20)27-21(30)17(2)31-19-8-4-3-7-18(19)22(23,24)25/h3-10,16-17H,11-15H2,1-2H3,(H,27,30). The van der Waals surface area contributed by atoms with E-state index >= 15 is 0 Å². The number of benzene rings is 1. The minimum Gasteiger partial charge on any atom is -0.480 e. The number of carbonyl (C=O) groups is 1. The second kappa shape index (κ2) is 10.00. The molecule has 2 heterocycles. The normalized spacial score (nSPS) is 17.1. The largest absolute Gasteiger partial charge is 0.480 e. The molecule has 1 N–H and O–H groups in total. The van der Waals surface area contributed by atoms with Gasteiger partial charge in [0.25, 0.3) is 5.91 Å². The van der Waals surface area contributed by atoms with Crippen LogP contribution in [0, 0.1) is 0 Å². The topological polar surface area (TPSA) is 57.7 Å². The van der Waals surface area contributed by atoms with Crippen LogP contribution in [0.15, 0.2) is 48.7 Å². The van der Waals surface area contributed by atoms with Gasteiger partial charge in [-0.15, -0.1) is 0 Å². The molecule has 1 fully saturated rings. The Kier molecular flexibility index (Phi) is 7.37. The number of halogens is 3. The van der Waals surface area contributed by atoms with E-state index in [1.54, 1.807) is 6.20 Å². The molecule has 1 amide bonds. The Morgan fingerprint density at radius 2 is 1.77 bits per heavy atom. The van der Waals surface area contributed by atoms with Gasteiger partial charge in [-0.2, -0.15) is 13.2 Å². The number of hydrogen-bond donors (Lipinski definition) is 1. The van der Waals surface area contributed by atoms with Crippen LogP contribution in [0.2, 0.25) is 0 Å². The van der Waals surface area contributed by atoms with E-state index in [9.17, 15) is 18.0 Å². The lowest BCUT2D eigenvalue weighted by molar-refractivity contribution is -0.140. The molecule has 9 heteroatoms. The number of nitrogens with one attached hydrogen (secondary N) is 1. The highest BCUT2D eigenvalue weighted by Crippen LogP contribution is 2.36. The van der Waals surface area contributed by atoms with Crippen LogP contribution in [0.3, 0.4) is 0 Å². The average Bonchev–Trinajstić information content (AvgIpc) is 2.74. The smallest absolute Gasteiger partial charge is 0.419 e. The van der Waals surface area contributed by atoms with Crippen LogP contribution in [0.4, 0.5) is 19.0 Å². The monoisotopic (exact) mass is 436 g/mol. The molecular weight excluding hydrogens is 409 g/mol. The van der Waals surface area contributed by atoms with Crippen molar-refractivity contribution in [1.29, 1.82) is 0 Å². The first-order valence-electron chi connectivity index (χ1n) is 10.3. The maximum Gasteiger partial charge on any atom is 0.419 e. The number of alkyl halides is 3. The second-order valence-corrected chi connectivity index (χ2v) is 7.64. The molecule has 3 rings (SSSR count). The Morgan fingerprint density at radius 3 is 2.42 bits per heavy atom. The predicted molar refractivity (Wildman–Crippen MR) is 112 cm³/mol. The quantitative estimate of drug-likeness (QED) is 0.723. The van der Waals surface area contributed by atoms with Crippen molar-refractivity contribution in [2.24, 2.45) is 0 Å². The number of pyridine rings is 1. The van der Waals surface area contributed by atoms with Crippen molar-refractivity contribution in [3.63, 3.8) is 0 Å². The Labute approximate surface area is 180 Å². The van der Waals surface area contributed by atoms with Gasteiger partial charge in [0.2, 0.25) is 0 Å². The fourth-order valence-electron chi connectivity index (χ4n) is 3.54. The van der Waals surface area contributed by atoms with Gasteiger partial charge in [0.15, 0.2) is 6.10 Å². The van der Waals surface area contributed by atoms with Gasteiger partial charge in [0, 0.05) is 45.0 Å². The van der Waals surface area contributed by atoms with Crippen molar-refractivity contribution >= 4 is 11.7 Å². The Bertz CT molecular complexity index is 855. The molecule has 168 valence electrons. The lowest BCUT2D eigenvalue weighted by Gasteiger charge is -2.36. The van der Waals surface area contributed by atoms with Gasteiger partial charge in [0.05, 0.1) is 5.56 Å². The van der Waals surface area contributed by atoms with Gasteiger partial charge in [-0.1, -0.05) is 18.2 Å². The molecule has 1 aliphatic rings. The molecule has 0 radical (unpaired) electrons. The summed E-state index contributed by atoms with van der Waals surface area (Å²) >= 11 is 0. The number of para-hydroxylation sites is 1. The summed E-state index contributed by atoms with van der Waals surface area (Å²) in [7, 11) is 0. The molecule has 0 bridgehead atoms. The van der Waals surface area contributed by atoms with Crippen LogP contribution in [-0.2, 0) is 11.0 Å². The van der Waals surface area contributed by atoms with Gasteiger partial charge in [-0.3, -0.25) is 9.69 Å². The summed E-state index contributed by atoms with van der Waals surface area (Å²) in [5.74, 6) is 0.154. The maximum atomic E-state index is 13.1. The van der Waals surface area contributed by atoms with Crippen LogP contribution in [0.1, 0.15) is 19.4 Å². The number of amides is 1.